The molecule has 0 spiro atoms. The highest BCUT2D eigenvalue weighted by Gasteiger charge is 2.29. The van der Waals surface area contributed by atoms with Crippen molar-refractivity contribution < 1.29 is 9.47 Å². The van der Waals surface area contributed by atoms with Gasteiger partial charge in [0.25, 0.3) is 0 Å². The van der Waals surface area contributed by atoms with E-state index in [2.05, 4.69) is 48.7 Å². The normalized spacial score (nSPS) is 19.1. The molecule has 4 nitrogen and oxygen atoms in total. The zero-order chi connectivity index (χ0) is 18.0. The van der Waals surface area contributed by atoms with Crippen molar-refractivity contribution in [2.24, 2.45) is 5.92 Å². The number of nitrogens with one attached hydrogen (secondary N) is 2. The molecule has 0 radical (unpaired) electrons. The van der Waals surface area contributed by atoms with E-state index in [9.17, 15) is 0 Å². The third kappa shape index (κ3) is 3.31. The van der Waals surface area contributed by atoms with Gasteiger partial charge in [0.2, 0.25) is 0 Å². The topological polar surface area (TPSA) is 42.5 Å². The van der Waals surface area contributed by atoms with Crippen LogP contribution < -0.4 is 20.1 Å². The smallest absolute Gasteiger partial charge is 0.142 e. The maximum Gasteiger partial charge on any atom is 0.142 e. The highest BCUT2D eigenvalue weighted by molar-refractivity contribution is 5.77. The predicted octanol–water partition coefficient (Wildman–Crippen LogP) is 4.04. The highest BCUT2D eigenvalue weighted by Crippen LogP contribution is 2.43. The molecule has 0 amide bonds. The number of anilines is 1. The van der Waals surface area contributed by atoms with Crippen molar-refractivity contribution in [1.29, 1.82) is 0 Å². The molecule has 2 aromatic carbocycles. The van der Waals surface area contributed by atoms with Gasteiger partial charge in [-0.2, -0.15) is 0 Å². The molecular formula is C21H28N2O2. The van der Waals surface area contributed by atoms with E-state index in [1.165, 1.54) is 22.3 Å². The first-order valence-corrected chi connectivity index (χ1v) is 8.84. The molecule has 1 aliphatic heterocycles. The summed E-state index contributed by atoms with van der Waals surface area (Å²) in [5, 5.41) is 6.91. The van der Waals surface area contributed by atoms with E-state index in [4.69, 9.17) is 9.47 Å². The molecule has 25 heavy (non-hydrogen) atoms. The van der Waals surface area contributed by atoms with Crippen molar-refractivity contribution in [3.05, 3.63) is 41.5 Å². The zero-order valence-electron chi connectivity index (χ0n) is 15.8. The van der Waals surface area contributed by atoms with Gasteiger partial charge < -0.3 is 20.1 Å². The number of rotatable bonds is 5. The van der Waals surface area contributed by atoms with Crippen LogP contribution in [0.3, 0.4) is 0 Å². The van der Waals surface area contributed by atoms with E-state index >= 15 is 0 Å². The van der Waals surface area contributed by atoms with Crippen LogP contribution in [0.1, 0.15) is 24.0 Å². The first kappa shape index (κ1) is 17.6. The van der Waals surface area contributed by atoms with Gasteiger partial charge in [-0.15, -0.1) is 0 Å². The molecule has 0 bridgehead atoms. The van der Waals surface area contributed by atoms with Crippen LogP contribution in [-0.4, -0.2) is 34.4 Å². The summed E-state index contributed by atoms with van der Waals surface area (Å²) < 4.78 is 11.1. The Kier molecular flexibility index (Phi) is 5.19. The monoisotopic (exact) mass is 340 g/mol. The molecule has 0 fully saturated rings. The van der Waals surface area contributed by atoms with Gasteiger partial charge in [0.1, 0.15) is 11.5 Å². The third-order valence-corrected chi connectivity index (χ3v) is 5.21. The van der Waals surface area contributed by atoms with E-state index in [1.54, 1.807) is 14.2 Å². The quantitative estimate of drug-likeness (QED) is 0.862. The number of methoxy groups -OCH3 is 2. The summed E-state index contributed by atoms with van der Waals surface area (Å²) in [7, 11) is 5.46. The molecule has 0 aromatic heterocycles. The lowest BCUT2D eigenvalue weighted by Crippen LogP contribution is -2.32. The third-order valence-electron chi connectivity index (χ3n) is 5.21. The Hall–Kier alpha value is -2.20. The van der Waals surface area contributed by atoms with E-state index in [0.717, 1.165) is 30.3 Å². The van der Waals surface area contributed by atoms with E-state index in [1.807, 2.05) is 13.1 Å². The SMILES string of the molecule is CNCC1c2cc(-c3ccc(OC)cc3C)cc(OC)c2NCC1C. The van der Waals surface area contributed by atoms with Gasteiger partial charge in [-0.3, -0.25) is 0 Å². The van der Waals surface area contributed by atoms with Crippen molar-refractivity contribution in [3.63, 3.8) is 0 Å². The van der Waals surface area contributed by atoms with Gasteiger partial charge in [0, 0.05) is 19.0 Å². The van der Waals surface area contributed by atoms with Gasteiger partial charge in [0.05, 0.1) is 19.9 Å². The Morgan fingerprint density at radius 2 is 1.96 bits per heavy atom. The second-order valence-electron chi connectivity index (χ2n) is 6.85. The number of hydrogen-bond donors (Lipinski definition) is 2. The predicted molar refractivity (Wildman–Crippen MR) is 104 cm³/mol. The molecule has 2 N–H and O–H groups in total. The van der Waals surface area contributed by atoms with Gasteiger partial charge >= 0.3 is 0 Å². The summed E-state index contributed by atoms with van der Waals surface area (Å²) in [6, 6.07) is 10.7. The van der Waals surface area contributed by atoms with Crippen LogP contribution in [0.4, 0.5) is 5.69 Å². The molecule has 0 saturated heterocycles. The first-order valence-electron chi connectivity index (χ1n) is 8.84. The van der Waals surface area contributed by atoms with E-state index in [0.29, 0.717) is 11.8 Å². The summed E-state index contributed by atoms with van der Waals surface area (Å²) in [5.41, 5.74) is 6.06. The van der Waals surface area contributed by atoms with Crippen LogP contribution >= 0.6 is 0 Å². The minimum absolute atomic E-state index is 0.466. The Morgan fingerprint density at radius 3 is 2.60 bits per heavy atom. The van der Waals surface area contributed by atoms with E-state index in [-0.39, 0.29) is 0 Å². The van der Waals surface area contributed by atoms with Crippen molar-refractivity contribution in [3.8, 4) is 22.6 Å². The van der Waals surface area contributed by atoms with Crippen LogP contribution in [0.15, 0.2) is 30.3 Å². The van der Waals surface area contributed by atoms with Crippen molar-refractivity contribution in [2.75, 3.05) is 39.7 Å². The standard InChI is InChI=1S/C21H28N2O2/c1-13-8-16(24-4)6-7-17(13)15-9-18-19(12-22-3)14(2)11-23-21(18)20(10-15)25-5/h6-10,14,19,22-23H,11-12H2,1-5H3. The number of ether oxygens (including phenoxy) is 2. The number of hydrogen-bond acceptors (Lipinski definition) is 4. The molecule has 2 unspecified atom stereocenters. The van der Waals surface area contributed by atoms with Crippen LogP contribution in [0.25, 0.3) is 11.1 Å². The second-order valence-corrected chi connectivity index (χ2v) is 6.85. The van der Waals surface area contributed by atoms with Crippen molar-refractivity contribution in [1.82, 2.24) is 5.32 Å². The largest absolute Gasteiger partial charge is 0.497 e. The lowest BCUT2D eigenvalue weighted by molar-refractivity contribution is 0.406. The molecule has 0 aliphatic carbocycles. The Balaban J connectivity index is 2.13. The van der Waals surface area contributed by atoms with E-state index < -0.39 is 0 Å². The summed E-state index contributed by atoms with van der Waals surface area (Å²) in [5.74, 6) is 2.83. The number of benzene rings is 2. The average Bonchev–Trinajstić information content (AvgIpc) is 2.63. The van der Waals surface area contributed by atoms with Crippen LogP contribution in [-0.2, 0) is 0 Å². The molecular weight excluding hydrogens is 312 g/mol. The molecule has 134 valence electrons. The second kappa shape index (κ2) is 7.36. The highest BCUT2D eigenvalue weighted by atomic mass is 16.5. The van der Waals surface area contributed by atoms with Crippen LogP contribution in [0, 0.1) is 12.8 Å². The minimum Gasteiger partial charge on any atom is -0.497 e. The van der Waals surface area contributed by atoms with Crippen molar-refractivity contribution >= 4 is 5.69 Å². The van der Waals surface area contributed by atoms with Crippen molar-refractivity contribution in [2.45, 2.75) is 19.8 Å². The molecule has 2 atom stereocenters. The summed E-state index contributed by atoms with van der Waals surface area (Å²) in [6.45, 7) is 6.35. The van der Waals surface area contributed by atoms with Gasteiger partial charge in [-0.05, 0) is 66.4 Å². The molecule has 2 aromatic rings. The zero-order valence-corrected chi connectivity index (χ0v) is 15.8. The molecule has 0 saturated carbocycles. The average molecular weight is 340 g/mol. The fraction of sp³-hybridized carbons (Fsp3) is 0.429. The molecule has 4 heteroatoms. The summed E-state index contributed by atoms with van der Waals surface area (Å²) >= 11 is 0. The maximum absolute atomic E-state index is 5.71. The fourth-order valence-electron chi connectivity index (χ4n) is 3.77. The lowest BCUT2D eigenvalue weighted by Gasteiger charge is -2.34. The summed E-state index contributed by atoms with van der Waals surface area (Å²) in [6.07, 6.45) is 0. The number of likely N-dealkylation sites (N-methyl/N-ethyl adjacent to an activating group) is 1. The van der Waals surface area contributed by atoms with Gasteiger partial charge in [-0.25, -0.2) is 0 Å². The summed E-state index contributed by atoms with van der Waals surface area (Å²) in [4.78, 5) is 0. The Labute approximate surface area is 150 Å². The van der Waals surface area contributed by atoms with Crippen LogP contribution in [0.2, 0.25) is 0 Å². The fourth-order valence-corrected chi connectivity index (χ4v) is 3.77. The minimum atomic E-state index is 0.466. The molecule has 3 rings (SSSR count). The lowest BCUT2D eigenvalue weighted by atomic mass is 9.81. The molecule has 1 aliphatic rings. The van der Waals surface area contributed by atoms with Gasteiger partial charge in [0.15, 0.2) is 0 Å². The molecule has 1 heterocycles. The van der Waals surface area contributed by atoms with Crippen LogP contribution in [0.5, 0.6) is 11.5 Å². The maximum atomic E-state index is 5.71. The first-order chi connectivity index (χ1) is 12.1. The number of fused-ring (bicyclic) bond motifs is 1. The van der Waals surface area contributed by atoms with Gasteiger partial charge in [-0.1, -0.05) is 13.0 Å². The Morgan fingerprint density at radius 1 is 1.16 bits per heavy atom. The number of aryl methyl sites for hydroxylation is 1. The Bertz CT molecular complexity index is 758.